The second kappa shape index (κ2) is 11.3. The summed E-state index contributed by atoms with van der Waals surface area (Å²) in [7, 11) is 0. The first kappa shape index (κ1) is 26.5. The molecule has 39 heavy (non-hydrogen) atoms. The fraction of sp³-hybridized carbons (Fsp3) is 0.400. The molecule has 0 radical (unpaired) electrons. The normalized spacial score (nSPS) is 18.9. The first-order valence-electron chi connectivity index (χ1n) is 13.6. The van der Waals surface area contributed by atoms with Crippen molar-refractivity contribution >= 4 is 40.2 Å². The molecule has 2 N–H and O–H groups in total. The van der Waals surface area contributed by atoms with Crippen molar-refractivity contribution in [2.75, 3.05) is 24.6 Å². The van der Waals surface area contributed by atoms with Crippen molar-refractivity contribution in [3.8, 4) is 0 Å². The Morgan fingerprint density at radius 2 is 1.79 bits per heavy atom. The number of carbonyl (C=O) groups is 4. The smallest absolute Gasteiger partial charge is 0.340 e. The number of esters is 1. The lowest BCUT2D eigenvalue weighted by atomic mass is 9.80. The minimum atomic E-state index is -1.11. The zero-order valence-corrected chi connectivity index (χ0v) is 22.0. The molecule has 1 saturated carbocycles. The van der Waals surface area contributed by atoms with Gasteiger partial charge in [0.25, 0.3) is 5.91 Å². The summed E-state index contributed by atoms with van der Waals surface area (Å²) < 4.78 is 10.9. The van der Waals surface area contributed by atoms with Crippen LogP contribution in [0.5, 0.6) is 0 Å². The zero-order chi connectivity index (χ0) is 27.4. The molecule has 3 aromatic rings. The number of piperidine rings is 1. The summed E-state index contributed by atoms with van der Waals surface area (Å²) in [6, 6.07) is 15.4. The molecule has 1 aromatic heterocycles. The number of ketones is 1. The van der Waals surface area contributed by atoms with Crippen LogP contribution in [0.2, 0.25) is 0 Å². The van der Waals surface area contributed by atoms with Gasteiger partial charge in [0.15, 0.2) is 11.5 Å². The quantitative estimate of drug-likeness (QED) is 0.443. The monoisotopic (exact) mass is 531 g/mol. The highest BCUT2D eigenvalue weighted by atomic mass is 16.5. The number of rotatable bonds is 7. The van der Waals surface area contributed by atoms with E-state index >= 15 is 0 Å². The van der Waals surface area contributed by atoms with Gasteiger partial charge in [-0.05, 0) is 50.5 Å². The van der Waals surface area contributed by atoms with Gasteiger partial charge in [-0.2, -0.15) is 0 Å². The minimum absolute atomic E-state index is 0.0553. The van der Waals surface area contributed by atoms with Crippen LogP contribution in [0.25, 0.3) is 11.0 Å². The van der Waals surface area contributed by atoms with Crippen LogP contribution in [0.15, 0.2) is 59.0 Å². The lowest BCUT2D eigenvalue weighted by Crippen LogP contribution is -2.63. The van der Waals surface area contributed by atoms with Crippen molar-refractivity contribution in [3.63, 3.8) is 0 Å². The van der Waals surface area contributed by atoms with E-state index in [0.29, 0.717) is 42.6 Å². The Hall–Kier alpha value is -4.14. The maximum absolute atomic E-state index is 13.7. The molecule has 9 nitrogen and oxygen atoms in total. The van der Waals surface area contributed by atoms with Gasteiger partial charge in [-0.15, -0.1) is 0 Å². The predicted octanol–water partition coefficient (Wildman–Crippen LogP) is 4.01. The van der Waals surface area contributed by atoms with E-state index in [1.165, 1.54) is 0 Å². The molecule has 0 spiro atoms. The van der Waals surface area contributed by atoms with Crippen LogP contribution < -0.4 is 15.5 Å². The van der Waals surface area contributed by atoms with E-state index in [4.69, 9.17) is 9.15 Å². The number of fused-ring (bicyclic) bond motifs is 1. The van der Waals surface area contributed by atoms with E-state index < -0.39 is 23.5 Å². The average Bonchev–Trinajstić information content (AvgIpc) is 3.39. The van der Waals surface area contributed by atoms with Crippen molar-refractivity contribution in [3.05, 3.63) is 65.9 Å². The summed E-state index contributed by atoms with van der Waals surface area (Å²) in [6.45, 7) is 2.54. The molecule has 2 aromatic carbocycles. The number of amides is 2. The number of benzene rings is 2. The molecule has 2 aliphatic rings. The highest BCUT2D eigenvalue weighted by Crippen LogP contribution is 2.31. The molecule has 1 saturated heterocycles. The summed E-state index contributed by atoms with van der Waals surface area (Å²) in [5.74, 6) is -1.22. The zero-order valence-electron chi connectivity index (χ0n) is 22.0. The first-order chi connectivity index (χ1) is 18.9. The molecule has 1 aliphatic heterocycles. The third kappa shape index (κ3) is 5.53. The molecule has 2 fully saturated rings. The molecular formula is C30H33N3O6. The largest absolute Gasteiger partial charge is 0.462 e. The van der Waals surface area contributed by atoms with E-state index in [-0.39, 0.29) is 30.6 Å². The molecule has 1 atom stereocenters. The molecule has 2 heterocycles. The number of nitrogens with one attached hydrogen (secondary N) is 2. The number of nitrogens with zero attached hydrogens (tertiary/aromatic N) is 1. The number of hydrogen-bond donors (Lipinski definition) is 2. The van der Waals surface area contributed by atoms with Gasteiger partial charge in [0.1, 0.15) is 11.1 Å². The van der Waals surface area contributed by atoms with Gasteiger partial charge in [-0.25, -0.2) is 4.79 Å². The van der Waals surface area contributed by atoms with Crippen LogP contribution in [0.4, 0.5) is 5.69 Å². The SMILES string of the molecule is CCOC(=O)c1ccccc1N1CCC(NC(=O)C2(NC(=O)c3cc4ccccc4o3)CCCCC2)C(=O)C1. The van der Waals surface area contributed by atoms with Gasteiger partial charge in [-0.1, -0.05) is 49.6 Å². The van der Waals surface area contributed by atoms with Crippen LogP contribution in [-0.4, -0.2) is 54.8 Å². The molecular weight excluding hydrogens is 498 g/mol. The fourth-order valence-corrected chi connectivity index (χ4v) is 5.55. The Kier molecular flexibility index (Phi) is 7.67. The van der Waals surface area contributed by atoms with Crippen molar-refractivity contribution in [1.29, 1.82) is 0 Å². The Morgan fingerprint density at radius 3 is 2.54 bits per heavy atom. The molecule has 2 amide bonds. The summed E-state index contributed by atoms with van der Waals surface area (Å²) in [5, 5.41) is 6.71. The van der Waals surface area contributed by atoms with Crippen molar-refractivity contribution in [2.24, 2.45) is 0 Å². The van der Waals surface area contributed by atoms with Gasteiger partial charge in [0.2, 0.25) is 5.91 Å². The Morgan fingerprint density at radius 1 is 1.05 bits per heavy atom. The predicted molar refractivity (Wildman–Crippen MR) is 146 cm³/mol. The van der Waals surface area contributed by atoms with Crippen LogP contribution in [0.3, 0.4) is 0 Å². The Balaban J connectivity index is 1.28. The van der Waals surface area contributed by atoms with Crippen molar-refractivity contribution in [2.45, 2.75) is 57.0 Å². The number of para-hydroxylation sites is 2. The van der Waals surface area contributed by atoms with E-state index in [9.17, 15) is 19.2 Å². The number of carbonyl (C=O) groups excluding carboxylic acids is 4. The van der Waals surface area contributed by atoms with E-state index in [1.54, 1.807) is 37.3 Å². The molecule has 1 aliphatic carbocycles. The van der Waals surface area contributed by atoms with Crippen LogP contribution in [0.1, 0.15) is 66.4 Å². The number of hydrogen-bond acceptors (Lipinski definition) is 7. The number of furan rings is 1. The highest BCUT2D eigenvalue weighted by Gasteiger charge is 2.43. The second-order valence-electron chi connectivity index (χ2n) is 10.2. The fourth-order valence-electron chi connectivity index (χ4n) is 5.55. The van der Waals surface area contributed by atoms with Crippen molar-refractivity contribution in [1.82, 2.24) is 10.6 Å². The van der Waals surface area contributed by atoms with Crippen molar-refractivity contribution < 1.29 is 28.3 Å². The lowest BCUT2D eigenvalue weighted by molar-refractivity contribution is -0.133. The summed E-state index contributed by atoms with van der Waals surface area (Å²) in [6.07, 6.45) is 3.94. The molecule has 204 valence electrons. The molecule has 9 heteroatoms. The van der Waals surface area contributed by atoms with Gasteiger partial charge in [0, 0.05) is 11.9 Å². The van der Waals surface area contributed by atoms with E-state index in [1.807, 2.05) is 29.2 Å². The number of ether oxygens (including phenoxy) is 1. The van der Waals surface area contributed by atoms with Gasteiger partial charge < -0.3 is 24.7 Å². The average molecular weight is 532 g/mol. The Labute approximate surface area is 226 Å². The van der Waals surface area contributed by atoms with Crippen LogP contribution >= 0.6 is 0 Å². The summed E-state index contributed by atoms with van der Waals surface area (Å²) in [5.41, 5.74) is 0.536. The maximum Gasteiger partial charge on any atom is 0.340 e. The van der Waals surface area contributed by atoms with Crippen LogP contribution in [0, 0.1) is 0 Å². The third-order valence-electron chi connectivity index (χ3n) is 7.61. The third-order valence-corrected chi connectivity index (χ3v) is 7.61. The topological polar surface area (TPSA) is 118 Å². The minimum Gasteiger partial charge on any atom is -0.462 e. The first-order valence-corrected chi connectivity index (χ1v) is 13.6. The molecule has 5 rings (SSSR count). The molecule has 0 bridgehead atoms. The number of anilines is 1. The molecule has 1 unspecified atom stereocenters. The van der Waals surface area contributed by atoms with Crippen LogP contribution in [-0.2, 0) is 14.3 Å². The summed E-state index contributed by atoms with van der Waals surface area (Å²) in [4.78, 5) is 54.3. The highest BCUT2D eigenvalue weighted by molar-refractivity contribution is 6.02. The second-order valence-corrected chi connectivity index (χ2v) is 10.2. The van der Waals surface area contributed by atoms with Gasteiger partial charge >= 0.3 is 5.97 Å². The lowest BCUT2D eigenvalue weighted by Gasteiger charge is -2.39. The summed E-state index contributed by atoms with van der Waals surface area (Å²) >= 11 is 0. The standard InChI is InChI=1S/C30H33N3O6/c1-2-38-28(36)21-11-5-6-12-23(21)33-17-14-22(24(34)19-33)31-29(37)30(15-8-3-9-16-30)32-27(35)26-18-20-10-4-7-13-25(20)39-26/h4-7,10-13,18,22H,2-3,8-9,14-17,19H2,1H3,(H,31,37)(H,32,35). The maximum atomic E-state index is 13.7. The van der Waals surface area contributed by atoms with Gasteiger partial charge in [0.05, 0.1) is 30.4 Å². The van der Waals surface area contributed by atoms with E-state index in [2.05, 4.69) is 10.6 Å². The number of Topliss-reactive ketones (excluding diaryl/α,β-unsaturated/α-hetero) is 1. The van der Waals surface area contributed by atoms with E-state index in [0.717, 1.165) is 24.6 Å². The Bertz CT molecular complexity index is 1360. The van der Waals surface area contributed by atoms with Gasteiger partial charge in [-0.3, -0.25) is 14.4 Å².